The molecule has 1 aromatic carbocycles. The van der Waals surface area contributed by atoms with Crippen molar-refractivity contribution in [2.45, 2.75) is 26.3 Å². The third kappa shape index (κ3) is 4.27. The van der Waals surface area contributed by atoms with Crippen LogP contribution < -0.4 is 14.4 Å². The predicted octanol–water partition coefficient (Wildman–Crippen LogP) is 1.52. The molecule has 96 valence electrons. The molecule has 0 aliphatic rings. The van der Waals surface area contributed by atoms with Gasteiger partial charge < -0.3 is 14.4 Å². The normalized spacial score (nSPS) is 12.2. The molecule has 1 N–H and O–H groups in total. The monoisotopic (exact) mass is 238 g/mol. The predicted molar refractivity (Wildman–Crippen MR) is 69.9 cm³/mol. The molecule has 0 aromatic heterocycles. The summed E-state index contributed by atoms with van der Waals surface area (Å²) in [6, 6.07) is 5.97. The second-order valence-electron chi connectivity index (χ2n) is 4.42. The van der Waals surface area contributed by atoms with Gasteiger partial charge in [-0.1, -0.05) is 13.3 Å². The molecule has 17 heavy (non-hydrogen) atoms. The lowest BCUT2D eigenvalue weighted by atomic mass is 10.1. The lowest BCUT2D eigenvalue weighted by Crippen LogP contribution is -3.07. The second-order valence-corrected chi connectivity index (χ2v) is 4.42. The van der Waals surface area contributed by atoms with E-state index in [2.05, 4.69) is 20.0 Å². The summed E-state index contributed by atoms with van der Waals surface area (Å²) in [7, 11) is 5.63. The summed E-state index contributed by atoms with van der Waals surface area (Å²) in [5.41, 5.74) is 1.21. The molecule has 0 radical (unpaired) electrons. The van der Waals surface area contributed by atoms with Crippen LogP contribution in [-0.4, -0.2) is 27.8 Å². The lowest BCUT2D eigenvalue weighted by Gasteiger charge is -2.16. The Morgan fingerprint density at radius 1 is 1.18 bits per heavy atom. The van der Waals surface area contributed by atoms with Gasteiger partial charge in [0.1, 0.15) is 18.0 Å². The van der Waals surface area contributed by atoms with Gasteiger partial charge in [-0.2, -0.15) is 0 Å². The Hall–Kier alpha value is -1.22. The molecule has 1 unspecified atom stereocenters. The highest BCUT2D eigenvalue weighted by atomic mass is 16.5. The number of hydrogen-bond acceptors (Lipinski definition) is 2. The van der Waals surface area contributed by atoms with Crippen LogP contribution in [0.3, 0.4) is 0 Å². The van der Waals surface area contributed by atoms with E-state index in [9.17, 15) is 0 Å². The van der Waals surface area contributed by atoms with Crippen molar-refractivity contribution in [1.29, 1.82) is 0 Å². The third-order valence-corrected chi connectivity index (χ3v) is 2.94. The van der Waals surface area contributed by atoms with Gasteiger partial charge in [0.25, 0.3) is 0 Å². The van der Waals surface area contributed by atoms with Crippen LogP contribution in [0.2, 0.25) is 0 Å². The Morgan fingerprint density at radius 2 is 1.94 bits per heavy atom. The number of rotatable bonds is 7. The maximum Gasteiger partial charge on any atom is 0.127 e. The van der Waals surface area contributed by atoms with E-state index in [4.69, 9.17) is 9.47 Å². The van der Waals surface area contributed by atoms with Crippen molar-refractivity contribution in [1.82, 2.24) is 0 Å². The number of unbranched alkanes of at least 4 members (excludes halogenated alkanes) is 1. The van der Waals surface area contributed by atoms with Gasteiger partial charge in [0, 0.05) is 0 Å². The molecule has 0 amide bonds. The number of benzene rings is 1. The Balaban J connectivity index is 2.72. The zero-order valence-corrected chi connectivity index (χ0v) is 11.4. The van der Waals surface area contributed by atoms with Crippen LogP contribution in [0.4, 0.5) is 0 Å². The summed E-state index contributed by atoms with van der Waals surface area (Å²) in [5, 5.41) is 0. The topological polar surface area (TPSA) is 22.9 Å². The van der Waals surface area contributed by atoms with Crippen molar-refractivity contribution in [3.8, 4) is 11.5 Å². The molecular weight excluding hydrogens is 214 g/mol. The maximum atomic E-state index is 5.38. The smallest absolute Gasteiger partial charge is 0.127 e. The van der Waals surface area contributed by atoms with Gasteiger partial charge >= 0.3 is 0 Å². The Kier molecular flexibility index (Phi) is 5.84. The number of ether oxygens (including phenoxy) is 2. The van der Waals surface area contributed by atoms with Gasteiger partial charge in [-0.3, -0.25) is 0 Å². The van der Waals surface area contributed by atoms with E-state index in [0.717, 1.165) is 18.0 Å². The quantitative estimate of drug-likeness (QED) is 0.778. The fourth-order valence-electron chi connectivity index (χ4n) is 1.91. The molecule has 0 saturated carbocycles. The van der Waals surface area contributed by atoms with Gasteiger partial charge in [-0.15, -0.1) is 0 Å². The standard InChI is InChI=1S/C14H23NO2/c1-5-6-9-15(2)11-12-10-13(16-3)7-8-14(12)17-4/h7-8,10H,5-6,9,11H2,1-4H3/p+1. The number of quaternary nitrogens is 1. The molecule has 0 aliphatic carbocycles. The lowest BCUT2D eigenvalue weighted by molar-refractivity contribution is -0.894. The van der Waals surface area contributed by atoms with Crippen molar-refractivity contribution in [2.24, 2.45) is 0 Å². The summed E-state index contributed by atoms with van der Waals surface area (Å²) in [5.74, 6) is 1.84. The van der Waals surface area contributed by atoms with Crippen molar-refractivity contribution >= 4 is 0 Å². The minimum Gasteiger partial charge on any atom is -0.497 e. The molecule has 0 aliphatic heterocycles. The van der Waals surface area contributed by atoms with Gasteiger partial charge in [0.15, 0.2) is 0 Å². The van der Waals surface area contributed by atoms with Crippen LogP contribution in [0.25, 0.3) is 0 Å². The minimum atomic E-state index is 0.893. The Morgan fingerprint density at radius 3 is 2.53 bits per heavy atom. The number of hydrogen-bond donors (Lipinski definition) is 1. The molecule has 3 nitrogen and oxygen atoms in total. The maximum absolute atomic E-state index is 5.38. The molecule has 3 heteroatoms. The fourth-order valence-corrected chi connectivity index (χ4v) is 1.91. The molecule has 1 rings (SSSR count). The van der Waals surface area contributed by atoms with Crippen molar-refractivity contribution in [3.63, 3.8) is 0 Å². The molecule has 0 saturated heterocycles. The number of nitrogens with one attached hydrogen (secondary N) is 1. The van der Waals surface area contributed by atoms with Crippen molar-refractivity contribution in [2.75, 3.05) is 27.8 Å². The third-order valence-electron chi connectivity index (χ3n) is 2.94. The highest BCUT2D eigenvalue weighted by molar-refractivity contribution is 5.39. The van der Waals surface area contributed by atoms with E-state index >= 15 is 0 Å². The van der Waals surface area contributed by atoms with Crippen LogP contribution in [0.5, 0.6) is 11.5 Å². The summed E-state index contributed by atoms with van der Waals surface area (Å²) in [4.78, 5) is 1.50. The van der Waals surface area contributed by atoms with E-state index < -0.39 is 0 Å². The van der Waals surface area contributed by atoms with E-state index in [1.807, 2.05) is 12.1 Å². The summed E-state index contributed by atoms with van der Waals surface area (Å²) < 4.78 is 10.6. The molecule has 1 atom stereocenters. The van der Waals surface area contributed by atoms with Crippen LogP contribution in [0.1, 0.15) is 25.3 Å². The molecule has 1 aromatic rings. The van der Waals surface area contributed by atoms with E-state index in [-0.39, 0.29) is 0 Å². The fraction of sp³-hybridized carbons (Fsp3) is 0.571. The van der Waals surface area contributed by atoms with Crippen LogP contribution >= 0.6 is 0 Å². The average Bonchev–Trinajstić information content (AvgIpc) is 2.36. The highest BCUT2D eigenvalue weighted by Gasteiger charge is 2.10. The SMILES string of the molecule is CCCC[NH+](C)Cc1cc(OC)ccc1OC. The first-order chi connectivity index (χ1) is 8.21. The second kappa shape index (κ2) is 7.17. The van der Waals surface area contributed by atoms with Gasteiger partial charge in [0.05, 0.1) is 33.4 Å². The van der Waals surface area contributed by atoms with Gasteiger partial charge in [-0.05, 0) is 24.6 Å². The summed E-state index contributed by atoms with van der Waals surface area (Å²) >= 11 is 0. The van der Waals surface area contributed by atoms with Crippen LogP contribution in [-0.2, 0) is 6.54 Å². The molecular formula is C14H24NO2+. The average molecular weight is 238 g/mol. The summed E-state index contributed by atoms with van der Waals surface area (Å²) in [6.07, 6.45) is 2.50. The van der Waals surface area contributed by atoms with Crippen LogP contribution in [0.15, 0.2) is 18.2 Å². The van der Waals surface area contributed by atoms with Gasteiger partial charge in [-0.25, -0.2) is 0 Å². The number of methoxy groups -OCH3 is 2. The largest absolute Gasteiger partial charge is 0.497 e. The van der Waals surface area contributed by atoms with E-state index in [1.165, 1.54) is 29.8 Å². The Bertz CT molecular complexity index is 339. The zero-order chi connectivity index (χ0) is 12.7. The van der Waals surface area contributed by atoms with E-state index in [1.54, 1.807) is 14.2 Å². The highest BCUT2D eigenvalue weighted by Crippen LogP contribution is 2.22. The summed E-state index contributed by atoms with van der Waals surface area (Å²) in [6.45, 7) is 4.39. The van der Waals surface area contributed by atoms with E-state index in [0.29, 0.717) is 0 Å². The molecule has 0 fully saturated rings. The van der Waals surface area contributed by atoms with Crippen molar-refractivity contribution in [3.05, 3.63) is 23.8 Å². The van der Waals surface area contributed by atoms with Crippen molar-refractivity contribution < 1.29 is 14.4 Å². The first-order valence-electron chi connectivity index (χ1n) is 6.23. The molecule has 0 heterocycles. The van der Waals surface area contributed by atoms with Gasteiger partial charge in [0.2, 0.25) is 0 Å². The molecule has 0 spiro atoms. The first kappa shape index (κ1) is 13.8. The zero-order valence-electron chi connectivity index (χ0n) is 11.4. The Labute approximate surface area is 104 Å². The molecule has 0 bridgehead atoms. The minimum absolute atomic E-state index is 0.893. The van der Waals surface area contributed by atoms with Crippen LogP contribution in [0, 0.1) is 0 Å². The first-order valence-corrected chi connectivity index (χ1v) is 6.23.